The minimum atomic E-state index is -0.973. The predicted molar refractivity (Wildman–Crippen MR) is 53.9 cm³/mol. The van der Waals surface area contributed by atoms with Gasteiger partial charge in [-0.3, -0.25) is 9.59 Å². The van der Waals surface area contributed by atoms with E-state index >= 15 is 0 Å². The number of hydrogen-bond donors (Lipinski definition) is 2. The summed E-state index contributed by atoms with van der Waals surface area (Å²) in [4.78, 5) is 22.3. The van der Waals surface area contributed by atoms with E-state index in [0.29, 0.717) is 6.54 Å². The Labute approximate surface area is 84.7 Å². The lowest BCUT2D eigenvalue weighted by molar-refractivity contribution is -0.153. The molecular weight excluding hydrogens is 182 g/mol. The lowest BCUT2D eigenvalue weighted by atomic mass is 9.76. The largest absolute Gasteiger partial charge is 0.481 e. The predicted octanol–water partition coefficient (Wildman–Crippen LogP) is 1.26. The van der Waals surface area contributed by atoms with E-state index in [2.05, 4.69) is 5.32 Å². The normalized spacial score (nSPS) is 14.9. The molecule has 4 heteroatoms. The number of nitrogens with one attached hydrogen (secondary N) is 1. The average molecular weight is 201 g/mol. The second-order valence-corrected chi connectivity index (χ2v) is 4.01. The molecule has 4 nitrogen and oxygen atoms in total. The summed E-state index contributed by atoms with van der Waals surface area (Å²) in [7, 11) is 0. The van der Waals surface area contributed by atoms with E-state index in [9.17, 15) is 9.59 Å². The molecule has 0 aromatic carbocycles. The zero-order valence-corrected chi connectivity index (χ0v) is 9.26. The molecule has 82 valence electrons. The van der Waals surface area contributed by atoms with Crippen molar-refractivity contribution >= 4 is 11.9 Å². The summed E-state index contributed by atoms with van der Waals surface area (Å²) in [5.41, 5.74) is -0.973. The van der Waals surface area contributed by atoms with Crippen LogP contribution in [-0.2, 0) is 9.59 Å². The van der Waals surface area contributed by atoms with Gasteiger partial charge in [0.15, 0.2) is 0 Å². The van der Waals surface area contributed by atoms with Crippen molar-refractivity contribution in [2.75, 3.05) is 6.54 Å². The Balaban J connectivity index is 4.54. The SMILES string of the molecule is CCNC(=O)CC(C)(C(=O)O)C(C)C. The molecule has 0 heterocycles. The van der Waals surface area contributed by atoms with Crippen molar-refractivity contribution in [3.63, 3.8) is 0 Å². The van der Waals surface area contributed by atoms with E-state index in [0.717, 1.165) is 0 Å². The van der Waals surface area contributed by atoms with Gasteiger partial charge in [0.05, 0.1) is 5.41 Å². The molecule has 0 aromatic heterocycles. The fraction of sp³-hybridized carbons (Fsp3) is 0.800. The third-order valence-corrected chi connectivity index (χ3v) is 2.66. The van der Waals surface area contributed by atoms with E-state index < -0.39 is 11.4 Å². The van der Waals surface area contributed by atoms with Crippen LogP contribution >= 0.6 is 0 Å². The van der Waals surface area contributed by atoms with Crippen LogP contribution in [0.3, 0.4) is 0 Å². The molecule has 0 aromatic rings. The van der Waals surface area contributed by atoms with Gasteiger partial charge in [-0.2, -0.15) is 0 Å². The van der Waals surface area contributed by atoms with Crippen LogP contribution in [0.4, 0.5) is 0 Å². The van der Waals surface area contributed by atoms with Crippen molar-refractivity contribution in [2.24, 2.45) is 11.3 Å². The number of carboxylic acid groups (broad SMARTS) is 1. The smallest absolute Gasteiger partial charge is 0.310 e. The number of carbonyl (C=O) groups is 2. The first-order chi connectivity index (χ1) is 6.34. The number of aliphatic carboxylic acids is 1. The van der Waals surface area contributed by atoms with Crippen LogP contribution in [0.2, 0.25) is 0 Å². The lowest BCUT2D eigenvalue weighted by Crippen LogP contribution is -2.39. The Bertz CT molecular complexity index is 225. The molecule has 0 radical (unpaired) electrons. The Hall–Kier alpha value is -1.06. The minimum Gasteiger partial charge on any atom is -0.481 e. The molecular formula is C10H19NO3. The Morgan fingerprint density at radius 2 is 1.93 bits per heavy atom. The summed E-state index contributed by atoms with van der Waals surface area (Å²) >= 11 is 0. The van der Waals surface area contributed by atoms with Gasteiger partial charge in [-0.25, -0.2) is 0 Å². The van der Waals surface area contributed by atoms with Gasteiger partial charge in [-0.05, 0) is 19.8 Å². The maximum Gasteiger partial charge on any atom is 0.310 e. The van der Waals surface area contributed by atoms with Gasteiger partial charge in [-0.15, -0.1) is 0 Å². The van der Waals surface area contributed by atoms with Crippen molar-refractivity contribution in [2.45, 2.75) is 34.1 Å². The molecule has 0 fully saturated rings. The third-order valence-electron chi connectivity index (χ3n) is 2.66. The Kier molecular flexibility index (Phi) is 4.60. The summed E-state index contributed by atoms with van der Waals surface area (Å²) in [6.45, 7) is 7.58. The second-order valence-electron chi connectivity index (χ2n) is 4.01. The van der Waals surface area contributed by atoms with Crippen molar-refractivity contribution < 1.29 is 14.7 Å². The summed E-state index contributed by atoms with van der Waals surface area (Å²) in [5, 5.41) is 11.6. The van der Waals surface area contributed by atoms with Crippen molar-refractivity contribution in [1.29, 1.82) is 0 Å². The van der Waals surface area contributed by atoms with E-state index in [1.807, 2.05) is 20.8 Å². The average Bonchev–Trinajstić information content (AvgIpc) is 2.03. The monoisotopic (exact) mass is 201 g/mol. The van der Waals surface area contributed by atoms with Crippen LogP contribution in [0.25, 0.3) is 0 Å². The molecule has 0 aliphatic carbocycles. The van der Waals surface area contributed by atoms with E-state index in [1.54, 1.807) is 6.92 Å². The molecule has 14 heavy (non-hydrogen) atoms. The minimum absolute atomic E-state index is 0.0356. The summed E-state index contributed by atoms with van der Waals surface area (Å²) < 4.78 is 0. The van der Waals surface area contributed by atoms with Gasteiger partial charge in [0.1, 0.15) is 0 Å². The molecule has 0 aliphatic rings. The lowest BCUT2D eigenvalue weighted by Gasteiger charge is -2.28. The molecule has 1 atom stereocenters. The molecule has 0 saturated carbocycles. The van der Waals surface area contributed by atoms with Gasteiger partial charge < -0.3 is 10.4 Å². The van der Waals surface area contributed by atoms with Gasteiger partial charge in [-0.1, -0.05) is 13.8 Å². The number of carbonyl (C=O) groups excluding carboxylic acids is 1. The maximum atomic E-state index is 11.3. The topological polar surface area (TPSA) is 66.4 Å². The molecule has 2 N–H and O–H groups in total. The first kappa shape index (κ1) is 12.9. The molecule has 0 aliphatic heterocycles. The van der Waals surface area contributed by atoms with Crippen LogP contribution < -0.4 is 5.32 Å². The maximum absolute atomic E-state index is 11.3. The summed E-state index contributed by atoms with van der Waals surface area (Å²) in [6, 6.07) is 0. The summed E-state index contributed by atoms with van der Waals surface area (Å²) in [5.74, 6) is -1.19. The van der Waals surface area contributed by atoms with Gasteiger partial charge >= 0.3 is 5.97 Å². The standard InChI is InChI=1S/C10H19NO3/c1-5-11-8(12)6-10(4,7(2)3)9(13)14/h7H,5-6H2,1-4H3,(H,11,12)(H,13,14). The van der Waals surface area contributed by atoms with Crippen LogP contribution in [0, 0.1) is 11.3 Å². The Morgan fingerprint density at radius 3 is 2.21 bits per heavy atom. The van der Waals surface area contributed by atoms with E-state index in [-0.39, 0.29) is 18.2 Å². The van der Waals surface area contributed by atoms with E-state index in [1.165, 1.54) is 0 Å². The van der Waals surface area contributed by atoms with E-state index in [4.69, 9.17) is 5.11 Å². The van der Waals surface area contributed by atoms with Crippen LogP contribution in [0.5, 0.6) is 0 Å². The molecule has 1 unspecified atom stereocenters. The fourth-order valence-corrected chi connectivity index (χ4v) is 1.12. The zero-order valence-electron chi connectivity index (χ0n) is 9.26. The van der Waals surface area contributed by atoms with Crippen LogP contribution in [0.1, 0.15) is 34.1 Å². The first-order valence-corrected chi connectivity index (χ1v) is 4.84. The zero-order chi connectivity index (χ0) is 11.4. The van der Waals surface area contributed by atoms with Crippen LogP contribution in [0.15, 0.2) is 0 Å². The van der Waals surface area contributed by atoms with Gasteiger partial charge in [0, 0.05) is 13.0 Å². The van der Waals surface area contributed by atoms with Crippen molar-refractivity contribution in [1.82, 2.24) is 5.32 Å². The Morgan fingerprint density at radius 1 is 1.43 bits per heavy atom. The fourth-order valence-electron chi connectivity index (χ4n) is 1.12. The highest BCUT2D eigenvalue weighted by atomic mass is 16.4. The van der Waals surface area contributed by atoms with Gasteiger partial charge in [0.25, 0.3) is 0 Å². The van der Waals surface area contributed by atoms with Crippen molar-refractivity contribution in [3.8, 4) is 0 Å². The number of carboxylic acids is 1. The highest BCUT2D eigenvalue weighted by Crippen LogP contribution is 2.31. The molecule has 0 rings (SSSR count). The highest BCUT2D eigenvalue weighted by molar-refractivity contribution is 5.84. The first-order valence-electron chi connectivity index (χ1n) is 4.84. The third kappa shape index (κ3) is 3.01. The quantitative estimate of drug-likeness (QED) is 0.703. The van der Waals surface area contributed by atoms with Crippen molar-refractivity contribution in [3.05, 3.63) is 0 Å². The molecule has 0 spiro atoms. The highest BCUT2D eigenvalue weighted by Gasteiger charge is 2.38. The molecule has 0 bridgehead atoms. The number of hydrogen-bond acceptors (Lipinski definition) is 2. The van der Waals surface area contributed by atoms with Crippen LogP contribution in [-0.4, -0.2) is 23.5 Å². The summed E-state index contributed by atoms with van der Waals surface area (Å²) in [6.07, 6.45) is 0.0356. The second kappa shape index (κ2) is 4.98. The van der Waals surface area contributed by atoms with Gasteiger partial charge in [0.2, 0.25) is 5.91 Å². The molecule has 1 amide bonds. The molecule has 0 saturated heterocycles. The number of amides is 1. The number of rotatable bonds is 5.